The third-order valence-corrected chi connectivity index (χ3v) is 5.22. The fourth-order valence-electron chi connectivity index (χ4n) is 3.83. The Kier molecular flexibility index (Phi) is 3.29. The zero-order chi connectivity index (χ0) is 18.5. The van der Waals surface area contributed by atoms with Crippen LogP contribution in [-0.2, 0) is 7.05 Å². The molecule has 0 saturated carbocycles. The SMILES string of the molecule is Cc1cc2c(cc1-c1cc3ccccc3c[n+]1C)oc1cc(C#N)ccc12. The van der Waals surface area contributed by atoms with E-state index in [1.165, 1.54) is 16.3 Å². The molecule has 0 radical (unpaired) electrons. The van der Waals surface area contributed by atoms with Crippen LogP contribution in [0.5, 0.6) is 0 Å². The van der Waals surface area contributed by atoms with Gasteiger partial charge in [0.05, 0.1) is 17.2 Å². The molecule has 0 saturated heterocycles. The molecule has 3 heteroatoms. The molecule has 0 aliphatic carbocycles. The van der Waals surface area contributed by atoms with Crippen molar-refractivity contribution in [3.8, 4) is 17.3 Å². The summed E-state index contributed by atoms with van der Waals surface area (Å²) in [6.45, 7) is 2.13. The normalized spacial score (nSPS) is 11.3. The Morgan fingerprint density at radius 1 is 0.889 bits per heavy atom. The van der Waals surface area contributed by atoms with Crippen molar-refractivity contribution in [1.82, 2.24) is 0 Å². The highest BCUT2D eigenvalue weighted by Gasteiger charge is 2.17. The van der Waals surface area contributed by atoms with E-state index in [0.29, 0.717) is 5.56 Å². The molecule has 0 aliphatic heterocycles. The summed E-state index contributed by atoms with van der Waals surface area (Å²) in [6.07, 6.45) is 2.16. The summed E-state index contributed by atoms with van der Waals surface area (Å²) in [4.78, 5) is 0. The van der Waals surface area contributed by atoms with Crippen LogP contribution in [0, 0.1) is 18.3 Å². The molecule has 2 heterocycles. The van der Waals surface area contributed by atoms with Crippen molar-refractivity contribution < 1.29 is 8.98 Å². The lowest BCUT2D eigenvalue weighted by Crippen LogP contribution is -2.30. The van der Waals surface area contributed by atoms with E-state index >= 15 is 0 Å². The van der Waals surface area contributed by atoms with Crippen molar-refractivity contribution in [3.05, 3.63) is 78.0 Å². The van der Waals surface area contributed by atoms with E-state index < -0.39 is 0 Å². The Morgan fingerprint density at radius 3 is 2.48 bits per heavy atom. The van der Waals surface area contributed by atoms with E-state index in [1.807, 2.05) is 12.1 Å². The molecule has 0 spiro atoms. The van der Waals surface area contributed by atoms with E-state index in [2.05, 4.69) is 73.3 Å². The highest BCUT2D eigenvalue weighted by molar-refractivity contribution is 6.06. The first-order valence-corrected chi connectivity index (χ1v) is 8.90. The second-order valence-electron chi connectivity index (χ2n) is 6.99. The third-order valence-electron chi connectivity index (χ3n) is 5.22. The van der Waals surface area contributed by atoms with E-state index in [4.69, 9.17) is 9.68 Å². The lowest BCUT2D eigenvalue weighted by atomic mass is 9.99. The molecule has 0 bridgehead atoms. The molecule has 5 rings (SSSR count). The van der Waals surface area contributed by atoms with Crippen LogP contribution in [0.1, 0.15) is 11.1 Å². The first-order chi connectivity index (χ1) is 13.1. The number of hydrogen-bond acceptors (Lipinski definition) is 2. The Hall–Kier alpha value is -3.64. The van der Waals surface area contributed by atoms with Crippen LogP contribution in [-0.4, -0.2) is 0 Å². The number of nitrogens with zero attached hydrogens (tertiary/aromatic N) is 2. The fourth-order valence-corrected chi connectivity index (χ4v) is 3.83. The molecular formula is C24H17N2O+. The average molecular weight is 349 g/mol. The highest BCUT2D eigenvalue weighted by atomic mass is 16.3. The van der Waals surface area contributed by atoms with Gasteiger partial charge in [0, 0.05) is 22.2 Å². The number of furan rings is 1. The van der Waals surface area contributed by atoms with Gasteiger partial charge in [-0.1, -0.05) is 18.2 Å². The predicted molar refractivity (Wildman–Crippen MR) is 107 cm³/mol. The van der Waals surface area contributed by atoms with Gasteiger partial charge in [0.15, 0.2) is 6.20 Å². The topological polar surface area (TPSA) is 40.8 Å². The van der Waals surface area contributed by atoms with Gasteiger partial charge in [-0.05, 0) is 54.3 Å². The number of pyridine rings is 1. The molecule has 0 atom stereocenters. The number of benzene rings is 3. The molecule has 3 nitrogen and oxygen atoms in total. The van der Waals surface area contributed by atoms with E-state index in [-0.39, 0.29) is 0 Å². The Morgan fingerprint density at radius 2 is 1.67 bits per heavy atom. The lowest BCUT2D eigenvalue weighted by Gasteiger charge is -2.06. The summed E-state index contributed by atoms with van der Waals surface area (Å²) in [6, 6.07) is 22.7. The number of aromatic nitrogens is 1. The fraction of sp³-hybridized carbons (Fsp3) is 0.0833. The second-order valence-corrected chi connectivity index (χ2v) is 6.99. The van der Waals surface area contributed by atoms with Gasteiger partial charge in [-0.15, -0.1) is 0 Å². The number of nitriles is 1. The molecule has 0 N–H and O–H groups in total. The number of aryl methyl sites for hydroxylation is 2. The van der Waals surface area contributed by atoms with Crippen molar-refractivity contribution in [2.45, 2.75) is 6.92 Å². The summed E-state index contributed by atoms with van der Waals surface area (Å²) in [7, 11) is 2.07. The summed E-state index contributed by atoms with van der Waals surface area (Å²) in [5, 5.41) is 13.7. The van der Waals surface area contributed by atoms with Gasteiger partial charge in [-0.2, -0.15) is 5.26 Å². The second kappa shape index (κ2) is 5.69. The standard InChI is InChI=1S/C24H17N2O/c1-15-9-21-19-8-7-16(13-25)10-23(19)27-24(21)12-20(15)22-11-17-5-3-4-6-18(17)14-26(22)2/h3-12,14H,1-2H3/q+1. The smallest absolute Gasteiger partial charge is 0.213 e. The minimum atomic E-state index is 0.611. The molecule has 2 aromatic heterocycles. The first kappa shape index (κ1) is 15.6. The molecule has 27 heavy (non-hydrogen) atoms. The summed E-state index contributed by atoms with van der Waals surface area (Å²) >= 11 is 0. The minimum Gasteiger partial charge on any atom is -0.456 e. The van der Waals surface area contributed by atoms with Crippen molar-refractivity contribution in [2.24, 2.45) is 7.05 Å². The molecule has 3 aromatic carbocycles. The number of rotatable bonds is 1. The summed E-state index contributed by atoms with van der Waals surface area (Å²) in [5.41, 5.74) is 5.69. The molecule has 0 amide bonds. The molecule has 0 unspecified atom stereocenters. The molecule has 128 valence electrons. The summed E-state index contributed by atoms with van der Waals surface area (Å²) < 4.78 is 8.24. The van der Waals surface area contributed by atoms with Crippen LogP contribution < -0.4 is 4.57 Å². The van der Waals surface area contributed by atoms with Gasteiger partial charge in [0.25, 0.3) is 0 Å². The van der Waals surface area contributed by atoms with Crippen LogP contribution in [0.4, 0.5) is 0 Å². The van der Waals surface area contributed by atoms with Crippen LogP contribution in [0.2, 0.25) is 0 Å². The lowest BCUT2D eigenvalue weighted by molar-refractivity contribution is -0.659. The maximum atomic E-state index is 9.13. The predicted octanol–water partition coefficient (Wildman–Crippen LogP) is 5.41. The van der Waals surface area contributed by atoms with E-state index in [1.54, 1.807) is 6.07 Å². The zero-order valence-electron chi connectivity index (χ0n) is 15.2. The van der Waals surface area contributed by atoms with Crippen molar-refractivity contribution in [2.75, 3.05) is 0 Å². The van der Waals surface area contributed by atoms with Crippen LogP contribution in [0.15, 0.2) is 71.3 Å². The van der Waals surface area contributed by atoms with Crippen molar-refractivity contribution in [1.29, 1.82) is 5.26 Å². The first-order valence-electron chi connectivity index (χ1n) is 8.90. The largest absolute Gasteiger partial charge is 0.456 e. The van der Waals surface area contributed by atoms with Gasteiger partial charge in [-0.25, -0.2) is 4.57 Å². The highest BCUT2D eigenvalue weighted by Crippen LogP contribution is 2.34. The van der Waals surface area contributed by atoms with Crippen molar-refractivity contribution >= 4 is 32.7 Å². The third kappa shape index (κ3) is 2.38. The maximum absolute atomic E-state index is 9.13. The molecular weight excluding hydrogens is 332 g/mol. The molecule has 0 aliphatic rings. The van der Waals surface area contributed by atoms with Crippen LogP contribution >= 0.6 is 0 Å². The molecule has 5 aromatic rings. The zero-order valence-corrected chi connectivity index (χ0v) is 15.2. The van der Waals surface area contributed by atoms with Crippen LogP contribution in [0.25, 0.3) is 44.0 Å². The number of fused-ring (bicyclic) bond motifs is 4. The maximum Gasteiger partial charge on any atom is 0.213 e. The summed E-state index contributed by atoms with van der Waals surface area (Å²) in [5.74, 6) is 0. The quantitative estimate of drug-likeness (QED) is 0.380. The van der Waals surface area contributed by atoms with E-state index in [0.717, 1.165) is 33.2 Å². The van der Waals surface area contributed by atoms with E-state index in [9.17, 15) is 0 Å². The Balaban J connectivity index is 1.79. The minimum absolute atomic E-state index is 0.611. The van der Waals surface area contributed by atoms with Gasteiger partial charge in [0.2, 0.25) is 5.69 Å². The monoisotopic (exact) mass is 349 g/mol. The van der Waals surface area contributed by atoms with Gasteiger partial charge < -0.3 is 4.42 Å². The van der Waals surface area contributed by atoms with Crippen molar-refractivity contribution in [3.63, 3.8) is 0 Å². The van der Waals surface area contributed by atoms with Crippen LogP contribution in [0.3, 0.4) is 0 Å². The molecule has 0 fully saturated rings. The van der Waals surface area contributed by atoms with Gasteiger partial charge in [-0.3, -0.25) is 0 Å². The van der Waals surface area contributed by atoms with Gasteiger partial charge in [0.1, 0.15) is 18.2 Å². The Bertz CT molecular complexity index is 1400. The van der Waals surface area contributed by atoms with Gasteiger partial charge >= 0.3 is 0 Å². The average Bonchev–Trinajstić information content (AvgIpc) is 3.03. The number of hydrogen-bond donors (Lipinski definition) is 0. The Labute approximate surface area is 156 Å².